The van der Waals surface area contributed by atoms with E-state index in [1.54, 1.807) is 12.1 Å². The average molecular weight is 530 g/mol. The van der Waals surface area contributed by atoms with E-state index in [2.05, 4.69) is 26.7 Å². The predicted octanol–water partition coefficient (Wildman–Crippen LogP) is 5.15. The molecule has 3 aliphatic rings. The molecule has 4 nitrogen and oxygen atoms in total. The fourth-order valence-electron chi connectivity index (χ4n) is 5.14. The van der Waals surface area contributed by atoms with Gasteiger partial charge in [0, 0.05) is 32.2 Å². The van der Waals surface area contributed by atoms with Crippen LogP contribution in [0.1, 0.15) is 31.2 Å². The minimum atomic E-state index is -2.93. The molecule has 2 heterocycles. The molecule has 9 heteroatoms. The second kappa shape index (κ2) is 8.23. The third-order valence-corrected chi connectivity index (χ3v) is 9.83. The van der Waals surface area contributed by atoms with Crippen LogP contribution in [0.25, 0.3) is 0 Å². The first-order valence-electron chi connectivity index (χ1n) is 10.3. The Labute approximate surface area is 193 Å². The van der Waals surface area contributed by atoms with Crippen LogP contribution in [0, 0.1) is 5.92 Å². The lowest BCUT2D eigenvalue weighted by atomic mass is 9.70. The van der Waals surface area contributed by atoms with E-state index in [-0.39, 0.29) is 17.2 Å². The summed E-state index contributed by atoms with van der Waals surface area (Å²) in [5, 5.41) is 0. The Morgan fingerprint density at radius 2 is 1.90 bits per heavy atom. The molecular weight excluding hydrogens is 508 g/mol. The highest BCUT2D eigenvalue weighted by Gasteiger charge is 2.58. The Hall–Kier alpha value is -1.32. The highest BCUT2D eigenvalue weighted by molar-refractivity contribution is 9.10. The highest BCUT2D eigenvalue weighted by atomic mass is 79.9. The first kappa shape index (κ1) is 21.5. The van der Waals surface area contributed by atoms with Gasteiger partial charge in [0.25, 0.3) is 0 Å². The zero-order valence-electron chi connectivity index (χ0n) is 16.6. The molecule has 0 N–H and O–H groups in total. The van der Waals surface area contributed by atoms with Gasteiger partial charge in [-0.3, -0.25) is 8.51 Å². The smallest absolute Gasteiger partial charge is 0.387 e. The molecule has 2 aliphatic heterocycles. The average Bonchev–Trinajstić information content (AvgIpc) is 3.54. The maximum atomic E-state index is 13.9. The fraction of sp³-hybridized carbons (Fsp3) is 0.455. The summed E-state index contributed by atoms with van der Waals surface area (Å²) < 4.78 is 59.0. The number of fused-ring (bicyclic) bond motifs is 2. The first-order chi connectivity index (χ1) is 14.9. The van der Waals surface area contributed by atoms with Crippen molar-refractivity contribution in [3.63, 3.8) is 0 Å². The van der Waals surface area contributed by atoms with Crippen molar-refractivity contribution in [3.05, 3.63) is 52.5 Å². The van der Waals surface area contributed by atoms with Gasteiger partial charge in [-0.1, -0.05) is 22.0 Å². The number of halogens is 3. The summed E-state index contributed by atoms with van der Waals surface area (Å²) in [5.41, 5.74) is 1.89. The number of anilines is 1. The molecule has 166 valence electrons. The molecule has 0 bridgehead atoms. The van der Waals surface area contributed by atoms with Crippen molar-refractivity contribution < 1.29 is 21.9 Å². The van der Waals surface area contributed by atoms with E-state index in [0.717, 1.165) is 41.4 Å². The first-order valence-corrected chi connectivity index (χ1v) is 13.7. The Kier molecular flexibility index (Phi) is 5.71. The lowest BCUT2D eigenvalue weighted by Crippen LogP contribution is -2.50. The minimum Gasteiger partial charge on any atom is -0.435 e. The van der Waals surface area contributed by atoms with Gasteiger partial charge < -0.3 is 4.74 Å². The highest BCUT2D eigenvalue weighted by Crippen LogP contribution is 2.58. The maximum absolute atomic E-state index is 13.9. The number of ether oxygens (including phenoxy) is 1. The van der Waals surface area contributed by atoms with E-state index >= 15 is 0 Å². The molecule has 2 fully saturated rings. The number of benzene rings is 2. The van der Waals surface area contributed by atoms with Crippen molar-refractivity contribution in [1.29, 1.82) is 0 Å². The Morgan fingerprint density at radius 1 is 1.16 bits per heavy atom. The zero-order valence-corrected chi connectivity index (χ0v) is 19.9. The lowest BCUT2D eigenvalue weighted by Gasteiger charge is -2.41. The quantitative estimate of drug-likeness (QED) is 0.537. The maximum Gasteiger partial charge on any atom is 0.387 e. The largest absolute Gasteiger partial charge is 0.435 e. The van der Waals surface area contributed by atoms with Gasteiger partial charge in [-0.25, -0.2) is 4.21 Å². The van der Waals surface area contributed by atoms with E-state index in [9.17, 15) is 17.2 Å². The monoisotopic (exact) mass is 529 g/mol. The summed E-state index contributed by atoms with van der Waals surface area (Å²) in [6.45, 7) is -2.93. The van der Waals surface area contributed by atoms with Crippen LogP contribution in [0.5, 0.6) is 5.75 Å². The summed E-state index contributed by atoms with van der Waals surface area (Å²) in [6, 6.07) is 12.3. The van der Waals surface area contributed by atoms with Gasteiger partial charge in [0.1, 0.15) is 5.75 Å². The van der Waals surface area contributed by atoms with Gasteiger partial charge in [0.15, 0.2) is 11.0 Å². The summed E-state index contributed by atoms with van der Waals surface area (Å²) in [5.74, 6) is 1.71. The molecule has 5 rings (SSSR count). The molecule has 2 unspecified atom stereocenters. The van der Waals surface area contributed by atoms with Crippen LogP contribution < -0.4 is 9.04 Å². The number of rotatable bonds is 5. The Morgan fingerprint density at radius 3 is 2.58 bits per heavy atom. The fourth-order valence-corrected chi connectivity index (χ4v) is 8.44. The Balaban J connectivity index is 1.60. The molecule has 0 aromatic heterocycles. The molecule has 1 spiro atoms. The second-order valence-electron chi connectivity index (χ2n) is 8.38. The van der Waals surface area contributed by atoms with Crippen molar-refractivity contribution >= 4 is 43.4 Å². The number of hydrogen-bond acceptors (Lipinski definition) is 3. The third-order valence-electron chi connectivity index (χ3n) is 6.58. The van der Waals surface area contributed by atoms with E-state index < -0.39 is 28.4 Å². The van der Waals surface area contributed by atoms with Crippen LogP contribution in [-0.2, 0) is 27.2 Å². The minimum absolute atomic E-state index is 0.00169. The molecule has 2 aromatic rings. The molecule has 1 aliphatic carbocycles. The molecule has 31 heavy (non-hydrogen) atoms. The van der Waals surface area contributed by atoms with E-state index in [1.165, 1.54) is 12.1 Å². The van der Waals surface area contributed by atoms with Gasteiger partial charge in [-0.05, 0) is 73.6 Å². The predicted molar refractivity (Wildman–Crippen MR) is 121 cm³/mol. The standard InChI is InChI=1S/C22H22BrF2NO3S2/c23-15-6-7-19-18(12-15)22(8-10-30(27)11-9-22)20(14-4-5-14)26(19)31(28)17-3-1-2-16(13-17)29-21(24)25/h1-3,6-7,12-14,20-21H,4-5,8-11H2. The number of hydrogen-bond donors (Lipinski definition) is 0. The normalized spacial score (nSPS) is 28.7. The SMILES string of the molecule is O=S1CCC2(CC1)c1cc(Br)ccc1N(S(=O)c1cccc(OC(F)F)c1)C2C1CC1. The van der Waals surface area contributed by atoms with Crippen molar-refractivity contribution in [2.45, 2.75) is 48.6 Å². The van der Waals surface area contributed by atoms with E-state index in [0.29, 0.717) is 22.3 Å². The molecule has 0 amide bonds. The number of alkyl halides is 2. The van der Waals surface area contributed by atoms with Gasteiger partial charge >= 0.3 is 6.61 Å². The lowest BCUT2D eigenvalue weighted by molar-refractivity contribution is -0.0499. The molecule has 0 radical (unpaired) electrons. The van der Waals surface area contributed by atoms with Gasteiger partial charge in [0.05, 0.1) is 16.6 Å². The number of nitrogens with zero attached hydrogens (tertiary/aromatic N) is 1. The van der Waals surface area contributed by atoms with Gasteiger partial charge in [-0.15, -0.1) is 0 Å². The van der Waals surface area contributed by atoms with Crippen LogP contribution in [0.3, 0.4) is 0 Å². The van der Waals surface area contributed by atoms with Crippen LogP contribution in [0.2, 0.25) is 0 Å². The summed E-state index contributed by atoms with van der Waals surface area (Å²) in [6.07, 6.45) is 3.75. The molecule has 2 atom stereocenters. The van der Waals surface area contributed by atoms with Crippen LogP contribution in [0.15, 0.2) is 51.8 Å². The summed E-state index contributed by atoms with van der Waals surface area (Å²) in [4.78, 5) is 0.439. The van der Waals surface area contributed by atoms with Crippen molar-refractivity contribution in [2.75, 3.05) is 15.8 Å². The summed E-state index contributed by atoms with van der Waals surface area (Å²) in [7, 11) is -2.39. The zero-order chi connectivity index (χ0) is 21.8. The molecule has 2 aromatic carbocycles. The van der Waals surface area contributed by atoms with Gasteiger partial charge in [0.2, 0.25) is 0 Å². The van der Waals surface area contributed by atoms with E-state index in [4.69, 9.17) is 0 Å². The third kappa shape index (κ3) is 3.86. The molecule has 1 saturated carbocycles. The van der Waals surface area contributed by atoms with Crippen molar-refractivity contribution in [3.8, 4) is 5.75 Å². The summed E-state index contributed by atoms with van der Waals surface area (Å²) >= 11 is 3.59. The van der Waals surface area contributed by atoms with E-state index in [1.807, 2.05) is 16.4 Å². The Bertz CT molecular complexity index is 1050. The van der Waals surface area contributed by atoms with Crippen molar-refractivity contribution in [1.82, 2.24) is 0 Å². The van der Waals surface area contributed by atoms with Crippen LogP contribution in [-0.4, -0.2) is 32.6 Å². The van der Waals surface area contributed by atoms with Crippen LogP contribution >= 0.6 is 15.9 Å². The molecule has 1 saturated heterocycles. The van der Waals surface area contributed by atoms with Crippen LogP contribution in [0.4, 0.5) is 14.5 Å². The van der Waals surface area contributed by atoms with Gasteiger partial charge in [-0.2, -0.15) is 8.78 Å². The molecular formula is C22H22BrF2NO3S2. The second-order valence-corrected chi connectivity index (χ2v) is 12.4. The topological polar surface area (TPSA) is 46.6 Å². The van der Waals surface area contributed by atoms with Crippen molar-refractivity contribution in [2.24, 2.45) is 5.92 Å².